The smallest absolute Gasteiger partial charge is 0.214 e. The average molecular weight is 275 g/mol. The Morgan fingerprint density at radius 1 is 1.47 bits per heavy atom. The lowest BCUT2D eigenvalue weighted by Crippen LogP contribution is -2.34. The van der Waals surface area contributed by atoms with Gasteiger partial charge in [-0.1, -0.05) is 6.07 Å². The van der Waals surface area contributed by atoms with Gasteiger partial charge in [-0.2, -0.15) is 4.31 Å². The van der Waals surface area contributed by atoms with E-state index in [0.717, 1.165) is 17.7 Å². The van der Waals surface area contributed by atoms with Gasteiger partial charge in [0.05, 0.1) is 5.75 Å². The Morgan fingerprint density at radius 2 is 2.24 bits per heavy atom. The van der Waals surface area contributed by atoms with E-state index in [1.807, 2.05) is 17.5 Å². The van der Waals surface area contributed by atoms with Crippen LogP contribution in [0.15, 0.2) is 17.5 Å². The fourth-order valence-corrected chi connectivity index (χ4v) is 4.25. The molecule has 0 spiro atoms. The maximum Gasteiger partial charge on any atom is 0.214 e. The second-order valence-electron chi connectivity index (χ2n) is 4.25. The van der Waals surface area contributed by atoms with Gasteiger partial charge in [0.1, 0.15) is 0 Å². The molecule has 0 saturated heterocycles. The monoisotopic (exact) mass is 275 g/mol. The van der Waals surface area contributed by atoms with Gasteiger partial charge in [0, 0.05) is 24.1 Å². The van der Waals surface area contributed by atoms with Crippen molar-refractivity contribution in [2.24, 2.45) is 0 Å². The molecular weight excluding hydrogens is 258 g/mol. The molecule has 0 atom stereocenters. The van der Waals surface area contributed by atoms with Gasteiger partial charge in [-0.15, -0.1) is 11.3 Å². The molecule has 96 valence electrons. The number of rotatable bonds is 7. The maximum atomic E-state index is 12.1. The molecule has 2 rings (SSSR count). The molecule has 6 heteroatoms. The third-order valence-corrected chi connectivity index (χ3v) is 5.57. The maximum absolute atomic E-state index is 12.1. The summed E-state index contributed by atoms with van der Waals surface area (Å²) in [4.78, 5) is 1.07. The number of aliphatic hydroxyl groups is 1. The number of hydrogen-bond acceptors (Lipinski definition) is 4. The quantitative estimate of drug-likeness (QED) is 0.819. The third-order valence-electron chi connectivity index (χ3n) is 2.76. The highest BCUT2D eigenvalue weighted by atomic mass is 32.2. The van der Waals surface area contributed by atoms with Crippen molar-refractivity contribution in [3.63, 3.8) is 0 Å². The fourth-order valence-electron chi connectivity index (χ4n) is 1.74. The van der Waals surface area contributed by atoms with Crippen LogP contribution >= 0.6 is 11.3 Å². The topological polar surface area (TPSA) is 57.6 Å². The number of nitrogens with zero attached hydrogens (tertiary/aromatic N) is 1. The van der Waals surface area contributed by atoms with Crippen molar-refractivity contribution in [1.29, 1.82) is 0 Å². The van der Waals surface area contributed by atoms with Crippen LogP contribution in [-0.2, 0) is 16.6 Å². The first-order valence-corrected chi connectivity index (χ1v) is 8.25. The summed E-state index contributed by atoms with van der Waals surface area (Å²) >= 11 is 1.58. The van der Waals surface area contributed by atoms with Gasteiger partial charge in [-0.25, -0.2) is 8.42 Å². The summed E-state index contributed by atoms with van der Waals surface area (Å²) in [6, 6.07) is 4.08. The minimum Gasteiger partial charge on any atom is -0.396 e. The average Bonchev–Trinajstić information content (AvgIpc) is 3.00. The van der Waals surface area contributed by atoms with Crippen LogP contribution in [0, 0.1) is 0 Å². The Balaban J connectivity index is 2.06. The third kappa shape index (κ3) is 3.51. The molecule has 1 heterocycles. The zero-order valence-corrected chi connectivity index (χ0v) is 11.2. The van der Waals surface area contributed by atoms with Gasteiger partial charge in [0.25, 0.3) is 0 Å². The van der Waals surface area contributed by atoms with Gasteiger partial charge >= 0.3 is 0 Å². The van der Waals surface area contributed by atoms with E-state index in [4.69, 9.17) is 5.11 Å². The minimum absolute atomic E-state index is 0.0470. The zero-order valence-electron chi connectivity index (χ0n) is 9.58. The Bertz CT molecular complexity index is 437. The molecule has 1 aromatic heterocycles. The molecule has 0 bridgehead atoms. The number of aliphatic hydroxyl groups excluding tert-OH is 1. The number of thiophene rings is 1. The molecule has 0 aromatic carbocycles. The molecule has 1 aliphatic carbocycles. The van der Waals surface area contributed by atoms with Gasteiger partial charge < -0.3 is 5.11 Å². The van der Waals surface area contributed by atoms with Crippen molar-refractivity contribution in [3.05, 3.63) is 22.4 Å². The van der Waals surface area contributed by atoms with Crippen LogP contribution in [0.3, 0.4) is 0 Å². The molecule has 0 radical (unpaired) electrons. The summed E-state index contributed by atoms with van der Waals surface area (Å²) in [7, 11) is -3.22. The first-order chi connectivity index (χ1) is 8.13. The summed E-state index contributed by atoms with van der Waals surface area (Å²) in [6.45, 7) is 0.410. The highest BCUT2D eigenvalue weighted by Gasteiger charge is 2.36. The van der Waals surface area contributed by atoms with E-state index in [9.17, 15) is 8.42 Å². The minimum atomic E-state index is -3.22. The molecule has 1 aliphatic rings. The molecular formula is C11H17NO3S2. The normalized spacial score (nSPS) is 16.6. The van der Waals surface area contributed by atoms with E-state index in [1.54, 1.807) is 15.6 Å². The van der Waals surface area contributed by atoms with Crippen molar-refractivity contribution in [2.45, 2.75) is 31.8 Å². The predicted molar refractivity (Wildman–Crippen MR) is 68.4 cm³/mol. The standard InChI is InChI=1S/C11H17NO3S2/c13-6-2-8-17(14,15)12(10-4-5-10)9-11-3-1-7-16-11/h1,3,7,10,13H,2,4-6,8-9H2. The van der Waals surface area contributed by atoms with E-state index in [2.05, 4.69) is 0 Å². The lowest BCUT2D eigenvalue weighted by molar-refractivity contribution is 0.293. The summed E-state index contributed by atoms with van der Waals surface area (Å²) in [6.07, 6.45) is 2.24. The lowest BCUT2D eigenvalue weighted by atomic mass is 10.4. The highest BCUT2D eigenvalue weighted by Crippen LogP contribution is 2.31. The Labute approximate surface area is 106 Å². The van der Waals surface area contributed by atoms with E-state index in [1.165, 1.54) is 0 Å². The van der Waals surface area contributed by atoms with Gasteiger partial charge in [-0.3, -0.25) is 0 Å². The second-order valence-corrected chi connectivity index (χ2v) is 7.32. The first kappa shape index (κ1) is 13.0. The molecule has 1 saturated carbocycles. The zero-order chi connectivity index (χ0) is 12.3. The predicted octanol–water partition coefficient (Wildman–Crippen LogP) is 1.42. The molecule has 1 fully saturated rings. The number of sulfonamides is 1. The van der Waals surface area contributed by atoms with Crippen LogP contribution in [-0.4, -0.2) is 36.2 Å². The largest absolute Gasteiger partial charge is 0.396 e. The van der Waals surface area contributed by atoms with Gasteiger partial charge in [0.2, 0.25) is 10.0 Å². The summed E-state index contributed by atoms with van der Waals surface area (Å²) in [5.41, 5.74) is 0. The fraction of sp³-hybridized carbons (Fsp3) is 0.636. The first-order valence-electron chi connectivity index (χ1n) is 5.76. The Hall–Kier alpha value is -0.430. The molecule has 1 aromatic rings. The molecule has 17 heavy (non-hydrogen) atoms. The molecule has 1 N–H and O–H groups in total. The van der Waals surface area contributed by atoms with Crippen LogP contribution in [0.1, 0.15) is 24.1 Å². The van der Waals surface area contributed by atoms with Crippen LogP contribution in [0.5, 0.6) is 0 Å². The summed E-state index contributed by atoms with van der Waals surface area (Å²) in [5, 5.41) is 10.7. The Morgan fingerprint density at radius 3 is 2.76 bits per heavy atom. The molecule has 4 nitrogen and oxygen atoms in total. The van der Waals surface area contributed by atoms with Crippen molar-refractivity contribution in [1.82, 2.24) is 4.31 Å². The SMILES string of the molecule is O=S(=O)(CCCO)N(Cc1cccs1)C1CC1. The highest BCUT2D eigenvalue weighted by molar-refractivity contribution is 7.89. The Kier molecular flexibility index (Phi) is 4.19. The van der Waals surface area contributed by atoms with E-state index < -0.39 is 10.0 Å². The van der Waals surface area contributed by atoms with Crippen molar-refractivity contribution >= 4 is 21.4 Å². The van der Waals surface area contributed by atoms with Crippen LogP contribution in [0.2, 0.25) is 0 Å². The van der Waals surface area contributed by atoms with Crippen LogP contribution in [0.25, 0.3) is 0 Å². The van der Waals surface area contributed by atoms with Crippen LogP contribution < -0.4 is 0 Å². The van der Waals surface area contributed by atoms with E-state index in [-0.39, 0.29) is 18.4 Å². The van der Waals surface area contributed by atoms with Crippen molar-refractivity contribution in [2.75, 3.05) is 12.4 Å². The van der Waals surface area contributed by atoms with E-state index >= 15 is 0 Å². The van der Waals surface area contributed by atoms with Gasteiger partial charge in [0.15, 0.2) is 0 Å². The molecule has 0 unspecified atom stereocenters. The van der Waals surface area contributed by atoms with Crippen molar-refractivity contribution < 1.29 is 13.5 Å². The summed E-state index contributed by atoms with van der Waals surface area (Å²) in [5.74, 6) is 0.0470. The molecule has 0 amide bonds. The van der Waals surface area contributed by atoms with Crippen molar-refractivity contribution in [3.8, 4) is 0 Å². The number of hydrogen-bond donors (Lipinski definition) is 1. The van der Waals surface area contributed by atoms with Gasteiger partial charge in [-0.05, 0) is 30.7 Å². The summed E-state index contributed by atoms with van der Waals surface area (Å²) < 4.78 is 25.8. The second kappa shape index (κ2) is 5.48. The molecule has 0 aliphatic heterocycles. The van der Waals surface area contributed by atoms with Crippen LogP contribution in [0.4, 0.5) is 0 Å². The lowest BCUT2D eigenvalue weighted by Gasteiger charge is -2.21. The van der Waals surface area contributed by atoms with E-state index in [0.29, 0.717) is 13.0 Å².